The summed E-state index contributed by atoms with van der Waals surface area (Å²) in [5, 5.41) is 6.18. The molecule has 4 heteroatoms. The smallest absolute Gasteiger partial charge is 0.199 e. The number of hydrogen-bond acceptors (Lipinski definition) is 2. The maximum Gasteiger partial charge on any atom is 0.199 e. The molecule has 4 aromatic rings. The molecule has 0 unspecified atom stereocenters. The van der Waals surface area contributed by atoms with Crippen molar-refractivity contribution in [3.05, 3.63) is 131 Å². The molecule has 4 aromatic carbocycles. The van der Waals surface area contributed by atoms with Gasteiger partial charge in [-0.05, 0) is 76.9 Å². The molecule has 0 amide bonds. The van der Waals surface area contributed by atoms with Crippen LogP contribution in [0.15, 0.2) is 115 Å². The zero-order valence-corrected chi connectivity index (χ0v) is 23.4. The summed E-state index contributed by atoms with van der Waals surface area (Å²) in [4.78, 5) is 2.14. The Hall–Kier alpha value is -4.08. The first kappa shape index (κ1) is 27.0. The summed E-state index contributed by atoms with van der Waals surface area (Å²) in [5.74, 6) is 0. The molecule has 38 heavy (non-hydrogen) atoms. The summed E-state index contributed by atoms with van der Waals surface area (Å²) in [5.41, 5.74) is 10.6. The lowest BCUT2D eigenvalue weighted by molar-refractivity contribution is -0.462. The highest BCUT2D eigenvalue weighted by Gasteiger charge is 2.19. The molecule has 0 aliphatic heterocycles. The summed E-state index contributed by atoms with van der Waals surface area (Å²) in [7, 11) is 8.31. The van der Waals surface area contributed by atoms with E-state index in [0.29, 0.717) is 0 Å². The number of hydrogen-bond donors (Lipinski definition) is 1. The van der Waals surface area contributed by atoms with Crippen LogP contribution >= 0.6 is 0 Å². The van der Waals surface area contributed by atoms with Crippen molar-refractivity contribution in [2.75, 3.05) is 38.4 Å². The van der Waals surface area contributed by atoms with Gasteiger partial charge < -0.3 is 22.6 Å². The Morgan fingerprint density at radius 2 is 1.39 bits per heavy atom. The van der Waals surface area contributed by atoms with Crippen molar-refractivity contribution in [2.45, 2.75) is 6.92 Å². The van der Waals surface area contributed by atoms with Gasteiger partial charge in [-0.15, -0.1) is 0 Å². The van der Waals surface area contributed by atoms with E-state index < -0.39 is 0 Å². The maximum atomic E-state index is 3.73. The zero-order chi connectivity index (χ0) is 25.9. The molecule has 0 fully saturated rings. The molecule has 1 N–H and O–H groups in total. The van der Waals surface area contributed by atoms with E-state index >= 15 is 0 Å². The van der Waals surface area contributed by atoms with Gasteiger partial charge in [-0.25, -0.2) is 4.58 Å². The highest BCUT2D eigenvalue weighted by atomic mass is 35.5. The lowest BCUT2D eigenvalue weighted by atomic mass is 9.86. The number of rotatable bonds is 5. The number of benzene rings is 4. The minimum Gasteiger partial charge on any atom is -1.00 e. The number of nitrogens with one attached hydrogen (secondary N) is 1. The molecule has 0 atom stereocenters. The average molecular weight is 520 g/mol. The van der Waals surface area contributed by atoms with Crippen molar-refractivity contribution in [3.8, 4) is 0 Å². The van der Waals surface area contributed by atoms with Gasteiger partial charge in [-0.1, -0.05) is 60.2 Å². The molecule has 1 aliphatic rings. The third-order valence-corrected chi connectivity index (χ3v) is 6.85. The molecule has 0 heterocycles. The number of aryl methyl sites for hydroxylation is 1. The number of halogens is 1. The van der Waals surface area contributed by atoms with Crippen LogP contribution in [0.2, 0.25) is 0 Å². The largest absolute Gasteiger partial charge is 1.00 e. The van der Waals surface area contributed by atoms with E-state index in [4.69, 9.17) is 0 Å². The van der Waals surface area contributed by atoms with Gasteiger partial charge in [0.1, 0.15) is 14.1 Å². The zero-order valence-electron chi connectivity index (χ0n) is 22.7. The van der Waals surface area contributed by atoms with E-state index in [1.165, 1.54) is 50.0 Å². The van der Waals surface area contributed by atoms with Gasteiger partial charge in [0, 0.05) is 48.9 Å². The minimum atomic E-state index is 0. The summed E-state index contributed by atoms with van der Waals surface area (Å²) < 4.78 is 2.14. The van der Waals surface area contributed by atoms with Gasteiger partial charge >= 0.3 is 0 Å². The molecule has 0 bridgehead atoms. The van der Waals surface area contributed by atoms with Crippen molar-refractivity contribution in [1.82, 2.24) is 0 Å². The molecule has 3 nitrogen and oxygen atoms in total. The number of nitrogens with zero attached hydrogens (tertiary/aromatic N) is 2. The third kappa shape index (κ3) is 5.58. The van der Waals surface area contributed by atoms with Crippen LogP contribution in [-0.4, -0.2) is 38.5 Å². The Kier molecular flexibility index (Phi) is 8.19. The molecule has 0 spiro atoms. The highest BCUT2D eigenvalue weighted by Crippen LogP contribution is 2.40. The summed E-state index contributed by atoms with van der Waals surface area (Å²) >= 11 is 0. The molecular formula is C34H34ClN3. The van der Waals surface area contributed by atoms with Crippen molar-refractivity contribution >= 4 is 39.1 Å². The second-order valence-electron chi connectivity index (χ2n) is 9.96. The van der Waals surface area contributed by atoms with Crippen LogP contribution in [0.1, 0.15) is 16.7 Å². The Labute approximate surface area is 232 Å². The molecule has 0 saturated heterocycles. The van der Waals surface area contributed by atoms with Crippen molar-refractivity contribution in [3.63, 3.8) is 0 Å². The molecule has 0 saturated carbocycles. The summed E-state index contributed by atoms with van der Waals surface area (Å²) in [6.07, 6.45) is 8.87. The first-order chi connectivity index (χ1) is 17.9. The molecular weight excluding hydrogens is 486 g/mol. The van der Waals surface area contributed by atoms with Crippen LogP contribution in [-0.2, 0) is 0 Å². The summed E-state index contributed by atoms with van der Waals surface area (Å²) in [6.45, 7) is 2.12. The Morgan fingerprint density at radius 1 is 0.737 bits per heavy atom. The van der Waals surface area contributed by atoms with E-state index in [0.717, 1.165) is 11.4 Å². The third-order valence-electron chi connectivity index (χ3n) is 6.85. The summed E-state index contributed by atoms with van der Waals surface area (Å²) in [6, 6.07) is 30.5. The van der Waals surface area contributed by atoms with Gasteiger partial charge in [0.05, 0.1) is 0 Å². The van der Waals surface area contributed by atoms with Gasteiger partial charge in [0.25, 0.3) is 0 Å². The van der Waals surface area contributed by atoms with Crippen molar-refractivity contribution in [2.24, 2.45) is 0 Å². The first-order valence-corrected chi connectivity index (χ1v) is 12.7. The van der Waals surface area contributed by atoms with Crippen LogP contribution in [0.3, 0.4) is 0 Å². The van der Waals surface area contributed by atoms with Crippen LogP contribution in [0.5, 0.6) is 0 Å². The van der Waals surface area contributed by atoms with Gasteiger partial charge in [0.2, 0.25) is 0 Å². The lowest BCUT2D eigenvalue weighted by Gasteiger charge is -2.21. The van der Waals surface area contributed by atoms with Gasteiger partial charge in [0.15, 0.2) is 5.71 Å². The average Bonchev–Trinajstić information content (AvgIpc) is 2.91. The Balaban J connectivity index is 0.00000336. The Morgan fingerprint density at radius 3 is 2.03 bits per heavy atom. The number of anilines is 3. The second-order valence-corrected chi connectivity index (χ2v) is 9.96. The number of fused-ring (bicyclic) bond motifs is 1. The SMILES string of the molecule is Cc1ccc(Nc2ccc3ccccc3c2C(=C2C=CC(=[N+](C)C)C=C2)c2ccc(N(C)C)cc2)cc1.[Cl-]. The molecule has 192 valence electrons. The van der Waals surface area contributed by atoms with E-state index in [2.05, 4.69) is 159 Å². The van der Waals surface area contributed by atoms with Crippen LogP contribution in [0.4, 0.5) is 17.1 Å². The standard InChI is InChI=1S/C34H33N3.ClH/c1-24-10-17-28(18-11-24)35-32-23-16-25-8-6-7-9-31(25)34(32)33(26-12-19-29(20-13-26)36(2)3)27-14-21-30(22-15-27)37(4)5;/h6-23H,1-5H3;1H. The van der Waals surface area contributed by atoms with Crippen molar-refractivity contribution in [1.29, 1.82) is 0 Å². The quantitative estimate of drug-likeness (QED) is 0.388. The van der Waals surface area contributed by atoms with Crippen LogP contribution < -0.4 is 22.6 Å². The fraction of sp³-hybridized carbons (Fsp3) is 0.147. The molecule has 0 aromatic heterocycles. The van der Waals surface area contributed by atoms with E-state index in [9.17, 15) is 0 Å². The molecule has 0 radical (unpaired) electrons. The highest BCUT2D eigenvalue weighted by molar-refractivity contribution is 6.08. The van der Waals surface area contributed by atoms with E-state index in [1.807, 2.05) is 0 Å². The Bertz CT molecular complexity index is 1550. The molecule has 1 aliphatic carbocycles. The lowest BCUT2D eigenvalue weighted by Crippen LogP contribution is -3.00. The van der Waals surface area contributed by atoms with E-state index in [-0.39, 0.29) is 12.4 Å². The van der Waals surface area contributed by atoms with Crippen LogP contribution in [0.25, 0.3) is 16.3 Å². The normalized spacial score (nSPS) is 12.3. The van der Waals surface area contributed by atoms with E-state index in [1.54, 1.807) is 0 Å². The molecule has 5 rings (SSSR count). The fourth-order valence-electron chi connectivity index (χ4n) is 4.75. The predicted molar refractivity (Wildman–Crippen MR) is 161 cm³/mol. The van der Waals surface area contributed by atoms with Crippen LogP contribution in [0, 0.1) is 6.92 Å². The topological polar surface area (TPSA) is 18.3 Å². The number of allylic oxidation sites excluding steroid dienone is 5. The van der Waals surface area contributed by atoms with Gasteiger partial charge in [-0.3, -0.25) is 0 Å². The monoisotopic (exact) mass is 519 g/mol. The predicted octanol–water partition coefficient (Wildman–Crippen LogP) is 4.60. The van der Waals surface area contributed by atoms with Gasteiger partial charge in [-0.2, -0.15) is 0 Å². The fourth-order valence-corrected chi connectivity index (χ4v) is 4.75. The van der Waals surface area contributed by atoms with Crippen molar-refractivity contribution < 1.29 is 17.0 Å². The second kappa shape index (κ2) is 11.5. The first-order valence-electron chi connectivity index (χ1n) is 12.7. The maximum absolute atomic E-state index is 3.73. The minimum absolute atomic E-state index is 0.